The lowest BCUT2D eigenvalue weighted by atomic mass is 10.2. The van der Waals surface area contributed by atoms with Crippen molar-refractivity contribution in [3.63, 3.8) is 0 Å². The van der Waals surface area contributed by atoms with Gasteiger partial charge in [0.1, 0.15) is 11.2 Å². The zero-order chi connectivity index (χ0) is 19.0. The number of aryl methyl sites for hydroxylation is 1. The number of benzene rings is 1. The van der Waals surface area contributed by atoms with Crippen molar-refractivity contribution in [3.8, 4) is 0 Å². The quantitative estimate of drug-likeness (QED) is 0.775. The van der Waals surface area contributed by atoms with Gasteiger partial charge in [-0.3, -0.25) is 18.8 Å². The minimum atomic E-state index is -0.520. The van der Waals surface area contributed by atoms with Crippen LogP contribution < -0.4 is 15.8 Å². The van der Waals surface area contributed by atoms with Crippen LogP contribution in [0.5, 0.6) is 0 Å². The zero-order valence-electron chi connectivity index (χ0n) is 14.8. The van der Waals surface area contributed by atoms with Gasteiger partial charge in [0.2, 0.25) is 5.91 Å². The molecule has 1 aromatic carbocycles. The Bertz CT molecular complexity index is 1100. The van der Waals surface area contributed by atoms with Crippen molar-refractivity contribution in [1.29, 1.82) is 0 Å². The molecule has 3 heterocycles. The molecule has 0 saturated carbocycles. The van der Waals surface area contributed by atoms with Gasteiger partial charge in [0, 0.05) is 36.7 Å². The number of carbonyl (C=O) groups excluding carboxylic acids is 2. The summed E-state index contributed by atoms with van der Waals surface area (Å²) in [5, 5.41) is 2.71. The monoisotopic (exact) mass is 362 g/mol. The maximum Gasteiger partial charge on any atom is 0.270 e. The smallest absolute Gasteiger partial charge is 0.270 e. The Morgan fingerprint density at radius 2 is 1.89 bits per heavy atom. The van der Waals surface area contributed by atoms with Gasteiger partial charge < -0.3 is 10.2 Å². The Morgan fingerprint density at radius 3 is 2.59 bits per heavy atom. The molecular formula is C20H18N4O3. The molecule has 7 heteroatoms. The maximum atomic E-state index is 12.6. The Morgan fingerprint density at radius 1 is 1.11 bits per heavy atom. The summed E-state index contributed by atoms with van der Waals surface area (Å²) >= 11 is 0. The average molecular weight is 362 g/mol. The summed E-state index contributed by atoms with van der Waals surface area (Å²) in [4.78, 5) is 42.8. The SMILES string of the molecule is Cc1ccc2ncc(C(=O)Nc3ccc(N4CCCC4=O)cc3)c(=O)n2c1. The van der Waals surface area contributed by atoms with Crippen LogP contribution in [0.15, 0.2) is 53.6 Å². The summed E-state index contributed by atoms with van der Waals surface area (Å²) in [5.41, 5.74) is 2.29. The lowest BCUT2D eigenvalue weighted by Gasteiger charge is -2.16. The van der Waals surface area contributed by atoms with Gasteiger partial charge in [0.25, 0.3) is 11.5 Å². The van der Waals surface area contributed by atoms with Crippen molar-refractivity contribution in [3.05, 3.63) is 70.3 Å². The first-order valence-electron chi connectivity index (χ1n) is 8.73. The number of pyridine rings is 1. The molecule has 1 N–H and O–H groups in total. The number of fused-ring (bicyclic) bond motifs is 1. The van der Waals surface area contributed by atoms with Crippen molar-refractivity contribution in [2.24, 2.45) is 0 Å². The van der Waals surface area contributed by atoms with Crippen LogP contribution in [0.4, 0.5) is 11.4 Å². The molecule has 1 aliphatic heterocycles. The van der Waals surface area contributed by atoms with Gasteiger partial charge in [-0.25, -0.2) is 4.98 Å². The van der Waals surface area contributed by atoms with E-state index in [4.69, 9.17) is 0 Å². The van der Waals surface area contributed by atoms with Gasteiger partial charge >= 0.3 is 0 Å². The average Bonchev–Trinajstić information content (AvgIpc) is 3.09. The zero-order valence-corrected chi connectivity index (χ0v) is 14.8. The number of anilines is 2. The van der Waals surface area contributed by atoms with Crippen LogP contribution in [-0.2, 0) is 4.79 Å². The molecule has 0 bridgehead atoms. The molecule has 7 nitrogen and oxygen atoms in total. The van der Waals surface area contributed by atoms with Crippen molar-refractivity contribution in [2.45, 2.75) is 19.8 Å². The highest BCUT2D eigenvalue weighted by atomic mass is 16.2. The molecule has 0 aliphatic carbocycles. The van der Waals surface area contributed by atoms with Crippen molar-refractivity contribution in [1.82, 2.24) is 9.38 Å². The predicted molar refractivity (Wildman–Crippen MR) is 102 cm³/mol. The summed E-state index contributed by atoms with van der Waals surface area (Å²) in [6.45, 7) is 2.58. The normalized spacial score (nSPS) is 14.0. The third-order valence-electron chi connectivity index (χ3n) is 4.60. The standard InChI is InChI=1S/C20H18N4O3/c1-13-4-9-17-21-11-16(20(27)24(17)12-13)19(26)22-14-5-7-15(8-6-14)23-10-2-3-18(23)25/h4-9,11-12H,2-3,10H2,1H3,(H,22,26). The van der Waals surface area contributed by atoms with Gasteiger partial charge in [-0.1, -0.05) is 6.07 Å². The summed E-state index contributed by atoms with van der Waals surface area (Å²) in [6.07, 6.45) is 4.37. The molecule has 0 spiro atoms. The minimum Gasteiger partial charge on any atom is -0.322 e. The van der Waals surface area contributed by atoms with Crippen LogP contribution in [-0.4, -0.2) is 27.7 Å². The molecule has 136 valence electrons. The Labute approximate surface area is 155 Å². The first-order chi connectivity index (χ1) is 13.0. The molecule has 27 heavy (non-hydrogen) atoms. The molecule has 0 radical (unpaired) electrons. The van der Waals surface area contributed by atoms with Gasteiger partial charge in [-0.2, -0.15) is 0 Å². The second kappa shape index (κ2) is 6.68. The lowest BCUT2D eigenvalue weighted by Crippen LogP contribution is -2.27. The molecule has 2 amide bonds. The molecule has 1 fully saturated rings. The van der Waals surface area contributed by atoms with E-state index >= 15 is 0 Å². The maximum absolute atomic E-state index is 12.6. The van der Waals surface area contributed by atoms with E-state index in [9.17, 15) is 14.4 Å². The van der Waals surface area contributed by atoms with Crippen LogP contribution in [0, 0.1) is 6.92 Å². The molecule has 4 rings (SSSR count). The van der Waals surface area contributed by atoms with E-state index in [0.29, 0.717) is 24.3 Å². The fourth-order valence-corrected chi connectivity index (χ4v) is 3.18. The van der Waals surface area contributed by atoms with E-state index in [0.717, 1.165) is 17.7 Å². The first kappa shape index (κ1) is 17.0. The van der Waals surface area contributed by atoms with Crippen LogP contribution in [0.1, 0.15) is 28.8 Å². The summed E-state index contributed by atoms with van der Waals surface area (Å²) in [6, 6.07) is 10.6. The summed E-state index contributed by atoms with van der Waals surface area (Å²) in [7, 11) is 0. The highest BCUT2D eigenvalue weighted by Gasteiger charge is 2.21. The predicted octanol–water partition coefficient (Wildman–Crippen LogP) is 2.38. The number of hydrogen-bond acceptors (Lipinski definition) is 4. The summed E-state index contributed by atoms with van der Waals surface area (Å²) in [5.74, 6) is -0.411. The fourth-order valence-electron chi connectivity index (χ4n) is 3.18. The van der Waals surface area contributed by atoms with E-state index in [-0.39, 0.29) is 11.5 Å². The summed E-state index contributed by atoms with van der Waals surface area (Å²) < 4.78 is 1.37. The number of aromatic nitrogens is 2. The van der Waals surface area contributed by atoms with E-state index in [1.54, 1.807) is 41.4 Å². The van der Waals surface area contributed by atoms with E-state index in [1.165, 1.54) is 10.6 Å². The second-order valence-electron chi connectivity index (χ2n) is 6.56. The fraction of sp³-hybridized carbons (Fsp3) is 0.200. The van der Waals surface area contributed by atoms with E-state index in [1.807, 2.05) is 13.0 Å². The lowest BCUT2D eigenvalue weighted by molar-refractivity contribution is -0.117. The minimum absolute atomic E-state index is 0.0307. The van der Waals surface area contributed by atoms with Gasteiger partial charge in [-0.05, 0) is 49.2 Å². The number of amides is 2. The molecule has 3 aromatic rings. The molecule has 0 atom stereocenters. The van der Waals surface area contributed by atoms with Crippen molar-refractivity contribution >= 4 is 28.8 Å². The number of rotatable bonds is 3. The number of nitrogens with one attached hydrogen (secondary N) is 1. The molecule has 2 aromatic heterocycles. The number of hydrogen-bond donors (Lipinski definition) is 1. The Kier molecular flexibility index (Phi) is 4.19. The molecule has 1 saturated heterocycles. The molecular weight excluding hydrogens is 344 g/mol. The van der Waals surface area contributed by atoms with Crippen molar-refractivity contribution < 1.29 is 9.59 Å². The largest absolute Gasteiger partial charge is 0.322 e. The molecule has 0 unspecified atom stereocenters. The highest BCUT2D eigenvalue weighted by Crippen LogP contribution is 2.23. The number of nitrogens with zero attached hydrogens (tertiary/aromatic N) is 3. The van der Waals surface area contributed by atoms with Crippen LogP contribution in [0.25, 0.3) is 5.65 Å². The van der Waals surface area contributed by atoms with Crippen LogP contribution in [0.3, 0.4) is 0 Å². The van der Waals surface area contributed by atoms with Crippen molar-refractivity contribution in [2.75, 3.05) is 16.8 Å². The third-order valence-corrected chi connectivity index (χ3v) is 4.60. The van der Waals surface area contributed by atoms with Gasteiger partial charge in [0.15, 0.2) is 0 Å². The van der Waals surface area contributed by atoms with Crippen LogP contribution >= 0.6 is 0 Å². The second-order valence-corrected chi connectivity index (χ2v) is 6.56. The van der Waals surface area contributed by atoms with Crippen LogP contribution in [0.2, 0.25) is 0 Å². The topological polar surface area (TPSA) is 83.8 Å². The molecule has 1 aliphatic rings. The third kappa shape index (κ3) is 3.19. The Balaban J connectivity index is 1.57. The van der Waals surface area contributed by atoms with E-state index < -0.39 is 11.5 Å². The number of carbonyl (C=O) groups is 2. The van der Waals surface area contributed by atoms with E-state index in [2.05, 4.69) is 10.3 Å². The Hall–Kier alpha value is -3.48. The van der Waals surface area contributed by atoms with Gasteiger partial charge in [-0.15, -0.1) is 0 Å². The highest BCUT2D eigenvalue weighted by molar-refractivity contribution is 6.04. The first-order valence-corrected chi connectivity index (χ1v) is 8.73. The van der Waals surface area contributed by atoms with Gasteiger partial charge in [0.05, 0.1) is 0 Å².